The molecule has 1 aromatic rings. The maximum absolute atomic E-state index is 8.68. The van der Waals surface area contributed by atoms with E-state index in [4.69, 9.17) is 5.11 Å². The quantitative estimate of drug-likeness (QED) is 0.602. The van der Waals surface area contributed by atoms with Gasteiger partial charge in [-0.25, -0.2) is 0 Å². The minimum Gasteiger partial charge on any atom is -0.396 e. The number of hydrogen-bond donors (Lipinski definition) is 3. The van der Waals surface area contributed by atoms with Crippen molar-refractivity contribution in [3.63, 3.8) is 0 Å². The van der Waals surface area contributed by atoms with Crippen LogP contribution in [0.4, 0.5) is 0 Å². The average Bonchev–Trinajstić information content (AvgIpc) is 1.98. The molecule has 0 aromatic heterocycles. The summed E-state index contributed by atoms with van der Waals surface area (Å²) in [7, 11) is 0. The van der Waals surface area contributed by atoms with Gasteiger partial charge in [0.05, 0.1) is 0 Å². The Morgan fingerprint density at radius 2 is 2.00 bits per heavy atom. The molecule has 0 aliphatic rings. The first-order valence-corrected chi connectivity index (χ1v) is 4.25. The lowest BCUT2D eigenvalue weighted by atomic mass is 10.2. The molecule has 11 heavy (non-hydrogen) atoms. The van der Waals surface area contributed by atoms with Crippen molar-refractivity contribution in [2.75, 3.05) is 6.61 Å². The van der Waals surface area contributed by atoms with Gasteiger partial charge < -0.3 is 5.11 Å². The van der Waals surface area contributed by atoms with E-state index in [1.165, 1.54) is 0 Å². The Hall–Kier alpha value is -0.120. The highest BCUT2D eigenvalue weighted by Gasteiger charge is 1.97. The van der Waals surface area contributed by atoms with Crippen LogP contribution in [0.5, 0.6) is 0 Å². The van der Waals surface area contributed by atoms with E-state index in [9.17, 15) is 0 Å². The third kappa shape index (κ3) is 2.43. The van der Waals surface area contributed by atoms with Crippen molar-refractivity contribution in [1.29, 1.82) is 0 Å². The molecule has 0 atom stereocenters. The summed E-state index contributed by atoms with van der Waals surface area (Å²) in [4.78, 5) is 1.82. The van der Waals surface area contributed by atoms with Crippen LogP contribution >= 0.6 is 25.3 Å². The molecule has 0 saturated carbocycles. The van der Waals surface area contributed by atoms with E-state index in [1.807, 2.05) is 18.2 Å². The number of thiol groups is 2. The van der Waals surface area contributed by atoms with Crippen LogP contribution in [0.25, 0.3) is 0 Å². The topological polar surface area (TPSA) is 20.2 Å². The molecule has 0 fully saturated rings. The van der Waals surface area contributed by atoms with Crippen LogP contribution in [0.3, 0.4) is 0 Å². The van der Waals surface area contributed by atoms with E-state index >= 15 is 0 Å². The van der Waals surface area contributed by atoms with Gasteiger partial charge in [-0.1, -0.05) is 0 Å². The smallest absolute Gasteiger partial charge is 0.0471 e. The number of benzene rings is 1. The van der Waals surface area contributed by atoms with E-state index in [1.54, 1.807) is 0 Å². The molecule has 0 radical (unpaired) electrons. The fraction of sp³-hybridized carbons (Fsp3) is 0.250. The second-order valence-electron chi connectivity index (χ2n) is 2.29. The Morgan fingerprint density at radius 3 is 2.64 bits per heavy atom. The van der Waals surface area contributed by atoms with Crippen molar-refractivity contribution in [3.05, 3.63) is 23.8 Å². The van der Waals surface area contributed by atoms with Crippen LogP contribution in [-0.2, 0) is 6.42 Å². The van der Waals surface area contributed by atoms with Gasteiger partial charge in [-0.2, -0.15) is 0 Å². The molecular formula is C8H10OS2. The number of rotatable bonds is 2. The summed E-state index contributed by atoms with van der Waals surface area (Å²) in [6.45, 7) is 0.158. The number of aliphatic hydroxyl groups excluding tert-OH is 1. The zero-order valence-corrected chi connectivity index (χ0v) is 7.78. The normalized spacial score (nSPS) is 10.1. The molecule has 0 bridgehead atoms. The second kappa shape index (κ2) is 4.04. The van der Waals surface area contributed by atoms with Gasteiger partial charge in [0.25, 0.3) is 0 Å². The molecule has 1 aromatic carbocycles. The number of aliphatic hydroxyl groups is 1. The number of hydrogen-bond acceptors (Lipinski definition) is 3. The Balaban J connectivity index is 2.93. The van der Waals surface area contributed by atoms with Gasteiger partial charge in [-0.05, 0) is 30.2 Å². The molecule has 1 rings (SSSR count). The molecule has 0 spiro atoms. The van der Waals surface area contributed by atoms with Gasteiger partial charge in [0.1, 0.15) is 0 Å². The third-order valence-corrected chi connectivity index (χ3v) is 2.16. The third-order valence-electron chi connectivity index (χ3n) is 1.44. The van der Waals surface area contributed by atoms with Crippen LogP contribution in [0.15, 0.2) is 28.0 Å². The van der Waals surface area contributed by atoms with Gasteiger partial charge in [0, 0.05) is 16.4 Å². The largest absolute Gasteiger partial charge is 0.396 e. The van der Waals surface area contributed by atoms with Crippen molar-refractivity contribution in [2.45, 2.75) is 16.2 Å². The SMILES string of the molecule is OCCc1cc(S)ccc1S. The van der Waals surface area contributed by atoms with Crippen LogP contribution in [0, 0.1) is 0 Å². The summed E-state index contributed by atoms with van der Waals surface area (Å²) in [6, 6.07) is 5.68. The van der Waals surface area contributed by atoms with Crippen molar-refractivity contribution >= 4 is 25.3 Å². The van der Waals surface area contributed by atoms with Gasteiger partial charge in [0.2, 0.25) is 0 Å². The molecule has 0 unspecified atom stereocenters. The van der Waals surface area contributed by atoms with Gasteiger partial charge in [-0.3, -0.25) is 0 Å². The molecule has 0 saturated heterocycles. The highest BCUT2D eigenvalue weighted by Crippen LogP contribution is 2.18. The predicted octanol–water partition coefficient (Wildman–Crippen LogP) is 1.80. The monoisotopic (exact) mass is 186 g/mol. The Kier molecular flexibility index (Phi) is 3.30. The first-order chi connectivity index (χ1) is 5.24. The average molecular weight is 186 g/mol. The highest BCUT2D eigenvalue weighted by molar-refractivity contribution is 7.80. The van der Waals surface area contributed by atoms with Crippen molar-refractivity contribution in [1.82, 2.24) is 0 Å². The zero-order chi connectivity index (χ0) is 8.27. The summed E-state index contributed by atoms with van der Waals surface area (Å²) in [6.07, 6.45) is 0.646. The summed E-state index contributed by atoms with van der Waals surface area (Å²) >= 11 is 8.41. The maximum Gasteiger partial charge on any atom is 0.0471 e. The van der Waals surface area contributed by atoms with E-state index < -0.39 is 0 Å². The maximum atomic E-state index is 8.68. The molecular weight excluding hydrogens is 176 g/mol. The molecule has 0 heterocycles. The molecule has 3 heteroatoms. The summed E-state index contributed by atoms with van der Waals surface area (Å²) in [5.41, 5.74) is 1.04. The van der Waals surface area contributed by atoms with Gasteiger partial charge in [-0.15, -0.1) is 25.3 Å². The first-order valence-electron chi connectivity index (χ1n) is 3.36. The molecule has 0 aliphatic carbocycles. The molecule has 0 aliphatic heterocycles. The summed E-state index contributed by atoms with van der Waals surface area (Å²) in [5, 5.41) is 8.68. The minimum atomic E-state index is 0.158. The highest BCUT2D eigenvalue weighted by atomic mass is 32.1. The lowest BCUT2D eigenvalue weighted by Crippen LogP contribution is -1.91. The second-order valence-corrected chi connectivity index (χ2v) is 3.28. The van der Waals surface area contributed by atoms with Crippen LogP contribution in [0.2, 0.25) is 0 Å². The van der Waals surface area contributed by atoms with Crippen molar-refractivity contribution < 1.29 is 5.11 Å². The Labute approximate surface area is 77.3 Å². The molecule has 0 amide bonds. The van der Waals surface area contributed by atoms with E-state index in [0.29, 0.717) is 6.42 Å². The summed E-state index contributed by atoms with van der Waals surface area (Å²) in [5.74, 6) is 0. The van der Waals surface area contributed by atoms with Crippen molar-refractivity contribution in [2.24, 2.45) is 0 Å². The molecule has 60 valence electrons. The predicted molar refractivity (Wildman–Crippen MR) is 51.7 cm³/mol. The Bertz CT molecular complexity index is 248. The van der Waals surface area contributed by atoms with E-state index in [2.05, 4.69) is 25.3 Å². The fourth-order valence-electron chi connectivity index (χ4n) is 0.893. The minimum absolute atomic E-state index is 0.158. The van der Waals surface area contributed by atoms with Gasteiger partial charge >= 0.3 is 0 Å². The van der Waals surface area contributed by atoms with E-state index in [-0.39, 0.29) is 6.61 Å². The van der Waals surface area contributed by atoms with Gasteiger partial charge in [0.15, 0.2) is 0 Å². The lowest BCUT2D eigenvalue weighted by Gasteiger charge is -2.02. The zero-order valence-electron chi connectivity index (χ0n) is 5.99. The molecule has 1 nitrogen and oxygen atoms in total. The Morgan fingerprint density at radius 1 is 1.27 bits per heavy atom. The van der Waals surface area contributed by atoms with Crippen LogP contribution in [-0.4, -0.2) is 11.7 Å². The standard InChI is InChI=1S/C8H10OS2/c9-4-3-6-5-7(10)1-2-8(6)11/h1-2,5,9-11H,3-4H2. The molecule has 1 N–H and O–H groups in total. The van der Waals surface area contributed by atoms with Crippen LogP contribution < -0.4 is 0 Å². The lowest BCUT2D eigenvalue weighted by molar-refractivity contribution is 0.298. The van der Waals surface area contributed by atoms with Crippen LogP contribution in [0.1, 0.15) is 5.56 Å². The fourth-order valence-corrected chi connectivity index (χ4v) is 1.37. The summed E-state index contributed by atoms with van der Waals surface area (Å²) < 4.78 is 0. The van der Waals surface area contributed by atoms with Crippen molar-refractivity contribution in [3.8, 4) is 0 Å². The first kappa shape index (κ1) is 8.97. The van der Waals surface area contributed by atoms with E-state index in [0.717, 1.165) is 15.4 Å².